The molecule has 2 N–H and O–H groups in total. The second-order valence-corrected chi connectivity index (χ2v) is 11.1. The van der Waals surface area contributed by atoms with E-state index in [2.05, 4.69) is 55.7 Å². The molecule has 0 amide bonds. The molecule has 0 spiro atoms. The minimum atomic E-state index is -3.48. The van der Waals surface area contributed by atoms with Crippen LogP contribution in [0.4, 0.5) is 0 Å². The Kier molecular flexibility index (Phi) is 5.35. The zero-order chi connectivity index (χ0) is 15.0. The number of hydrogen-bond donors (Lipinski definition) is 2. The molecule has 1 saturated heterocycles. The highest BCUT2D eigenvalue weighted by Gasteiger charge is 2.33. The Hall–Kier alpha value is 0.530. The van der Waals surface area contributed by atoms with Gasteiger partial charge in [-0.05, 0) is 62.7 Å². The van der Waals surface area contributed by atoms with E-state index in [1.165, 1.54) is 11.3 Å². The topological polar surface area (TPSA) is 58.2 Å². The lowest BCUT2D eigenvalue weighted by Gasteiger charge is -2.39. The van der Waals surface area contributed by atoms with Crippen molar-refractivity contribution in [3.63, 3.8) is 0 Å². The highest BCUT2D eigenvalue weighted by molar-refractivity contribution is 9.12. The molecule has 4 nitrogen and oxygen atoms in total. The van der Waals surface area contributed by atoms with Crippen molar-refractivity contribution in [2.75, 3.05) is 13.1 Å². The highest BCUT2D eigenvalue weighted by atomic mass is 79.9. The molecule has 1 atom stereocenters. The molecule has 0 bridgehead atoms. The fourth-order valence-corrected chi connectivity index (χ4v) is 7.26. The van der Waals surface area contributed by atoms with Crippen LogP contribution < -0.4 is 10.0 Å². The number of thiophene rings is 1. The smallest absolute Gasteiger partial charge is 0.242 e. The van der Waals surface area contributed by atoms with Gasteiger partial charge in [-0.25, -0.2) is 13.1 Å². The molecule has 1 aliphatic heterocycles. The third kappa shape index (κ3) is 3.84. The molecule has 1 aliphatic rings. The van der Waals surface area contributed by atoms with Gasteiger partial charge in [-0.2, -0.15) is 0 Å². The standard InChI is InChI=1S/C12H18Br2N2O2S2/c1-12(2)4-3-5-15-9(12)7-16-20(17,18)8-6-10(13)19-11(8)14/h6,9,15-16H,3-5,7H2,1-2H3. The summed E-state index contributed by atoms with van der Waals surface area (Å²) in [5, 5.41) is 3.41. The molecule has 0 radical (unpaired) electrons. The van der Waals surface area contributed by atoms with Crippen LogP contribution >= 0.6 is 43.2 Å². The molecule has 0 aliphatic carbocycles. The van der Waals surface area contributed by atoms with E-state index in [1.54, 1.807) is 6.07 Å². The average Bonchev–Trinajstić information content (AvgIpc) is 2.67. The van der Waals surface area contributed by atoms with E-state index in [1.807, 2.05) is 0 Å². The first kappa shape index (κ1) is 16.9. The Balaban J connectivity index is 2.08. The SMILES string of the molecule is CC1(C)CCCNC1CNS(=O)(=O)c1cc(Br)sc1Br. The Morgan fingerprint density at radius 2 is 2.20 bits per heavy atom. The molecule has 0 saturated carbocycles. The molecule has 2 heterocycles. The normalized spacial score (nSPS) is 22.9. The molecule has 1 unspecified atom stereocenters. The van der Waals surface area contributed by atoms with Crippen LogP contribution in [-0.2, 0) is 10.0 Å². The summed E-state index contributed by atoms with van der Waals surface area (Å²) in [5.41, 5.74) is 0.104. The summed E-state index contributed by atoms with van der Waals surface area (Å²) < 4.78 is 28.8. The monoisotopic (exact) mass is 444 g/mol. The van der Waals surface area contributed by atoms with Crippen molar-refractivity contribution in [1.82, 2.24) is 10.0 Å². The number of sulfonamides is 1. The van der Waals surface area contributed by atoms with Crippen molar-refractivity contribution >= 4 is 53.2 Å². The summed E-state index contributed by atoms with van der Waals surface area (Å²) in [6.45, 7) is 5.71. The highest BCUT2D eigenvalue weighted by Crippen LogP contribution is 2.35. The second kappa shape index (κ2) is 6.34. The summed E-state index contributed by atoms with van der Waals surface area (Å²) in [5.74, 6) is 0. The van der Waals surface area contributed by atoms with Gasteiger partial charge < -0.3 is 5.32 Å². The van der Waals surface area contributed by atoms with Crippen LogP contribution in [0.25, 0.3) is 0 Å². The lowest BCUT2D eigenvalue weighted by atomic mass is 9.78. The predicted molar refractivity (Wildman–Crippen MR) is 89.7 cm³/mol. The Morgan fingerprint density at radius 1 is 1.50 bits per heavy atom. The number of halogens is 2. The lowest BCUT2D eigenvalue weighted by Crippen LogP contribution is -2.52. The van der Waals surface area contributed by atoms with Gasteiger partial charge in [0.15, 0.2) is 0 Å². The van der Waals surface area contributed by atoms with E-state index in [4.69, 9.17) is 0 Å². The van der Waals surface area contributed by atoms with Gasteiger partial charge in [0.05, 0.1) is 7.57 Å². The summed E-state index contributed by atoms with van der Waals surface area (Å²) in [7, 11) is -3.48. The van der Waals surface area contributed by atoms with E-state index in [-0.39, 0.29) is 11.5 Å². The van der Waals surface area contributed by atoms with Crippen LogP contribution in [0.5, 0.6) is 0 Å². The molecular weight excluding hydrogens is 428 g/mol. The Bertz CT molecular complexity index is 584. The molecule has 2 rings (SSSR count). The van der Waals surface area contributed by atoms with Crippen molar-refractivity contribution in [2.24, 2.45) is 5.41 Å². The number of nitrogens with one attached hydrogen (secondary N) is 2. The van der Waals surface area contributed by atoms with Crippen LogP contribution in [0.2, 0.25) is 0 Å². The minimum absolute atomic E-state index is 0.104. The van der Waals surface area contributed by atoms with Crippen LogP contribution in [0.15, 0.2) is 18.5 Å². The maximum atomic E-state index is 12.3. The maximum Gasteiger partial charge on any atom is 0.242 e. The molecular formula is C12H18Br2N2O2S2. The van der Waals surface area contributed by atoms with Crippen LogP contribution in [0, 0.1) is 5.41 Å². The average molecular weight is 446 g/mol. The number of hydrogen-bond acceptors (Lipinski definition) is 4. The molecule has 1 aromatic heterocycles. The summed E-state index contributed by atoms with van der Waals surface area (Å²) in [6, 6.07) is 1.78. The van der Waals surface area contributed by atoms with E-state index >= 15 is 0 Å². The first-order valence-electron chi connectivity index (χ1n) is 6.40. The van der Waals surface area contributed by atoms with Gasteiger partial charge in [0.2, 0.25) is 10.0 Å². The van der Waals surface area contributed by atoms with E-state index in [9.17, 15) is 8.42 Å². The zero-order valence-corrected chi connectivity index (χ0v) is 16.2. The molecule has 114 valence electrons. The van der Waals surface area contributed by atoms with Crippen LogP contribution in [0.1, 0.15) is 26.7 Å². The van der Waals surface area contributed by atoms with Gasteiger partial charge in [0, 0.05) is 12.6 Å². The number of rotatable bonds is 4. The van der Waals surface area contributed by atoms with Crippen LogP contribution in [-0.4, -0.2) is 27.5 Å². The van der Waals surface area contributed by atoms with E-state index < -0.39 is 10.0 Å². The van der Waals surface area contributed by atoms with Crippen molar-refractivity contribution in [3.8, 4) is 0 Å². The van der Waals surface area contributed by atoms with Gasteiger partial charge >= 0.3 is 0 Å². The van der Waals surface area contributed by atoms with Gasteiger partial charge in [0.25, 0.3) is 0 Å². The first-order valence-corrected chi connectivity index (χ1v) is 10.3. The summed E-state index contributed by atoms with van der Waals surface area (Å²) in [4.78, 5) is 0.294. The summed E-state index contributed by atoms with van der Waals surface area (Å²) >= 11 is 7.96. The van der Waals surface area contributed by atoms with Gasteiger partial charge in [-0.1, -0.05) is 13.8 Å². The fraction of sp³-hybridized carbons (Fsp3) is 0.667. The van der Waals surface area contributed by atoms with E-state index in [0.717, 1.165) is 23.2 Å². The van der Waals surface area contributed by atoms with Gasteiger partial charge in [-0.3, -0.25) is 0 Å². The number of piperidine rings is 1. The third-order valence-corrected chi connectivity index (χ3v) is 7.90. The molecule has 8 heteroatoms. The van der Waals surface area contributed by atoms with Crippen molar-refractivity contribution in [1.29, 1.82) is 0 Å². The fourth-order valence-electron chi connectivity index (χ4n) is 2.40. The predicted octanol–water partition coefficient (Wildman–Crippen LogP) is 3.33. The lowest BCUT2D eigenvalue weighted by molar-refractivity contribution is 0.181. The van der Waals surface area contributed by atoms with Crippen molar-refractivity contribution < 1.29 is 8.42 Å². The Morgan fingerprint density at radius 3 is 2.75 bits per heavy atom. The molecule has 0 aromatic carbocycles. The molecule has 1 aromatic rings. The summed E-state index contributed by atoms with van der Waals surface area (Å²) in [6.07, 6.45) is 2.25. The first-order chi connectivity index (χ1) is 9.22. The van der Waals surface area contributed by atoms with Gasteiger partial charge in [-0.15, -0.1) is 11.3 Å². The van der Waals surface area contributed by atoms with Crippen LogP contribution in [0.3, 0.4) is 0 Å². The molecule has 1 fully saturated rings. The zero-order valence-electron chi connectivity index (χ0n) is 11.4. The maximum absolute atomic E-state index is 12.3. The Labute approximate surface area is 141 Å². The minimum Gasteiger partial charge on any atom is -0.312 e. The quantitative estimate of drug-likeness (QED) is 0.747. The van der Waals surface area contributed by atoms with Crippen molar-refractivity contribution in [3.05, 3.63) is 13.6 Å². The molecule has 20 heavy (non-hydrogen) atoms. The largest absolute Gasteiger partial charge is 0.312 e. The van der Waals surface area contributed by atoms with Gasteiger partial charge in [0.1, 0.15) is 4.90 Å². The van der Waals surface area contributed by atoms with E-state index in [0.29, 0.717) is 15.2 Å². The third-order valence-electron chi connectivity index (χ3n) is 3.72. The van der Waals surface area contributed by atoms with Crippen molar-refractivity contribution in [2.45, 2.75) is 37.6 Å². The second-order valence-electron chi connectivity index (χ2n) is 5.64.